The summed E-state index contributed by atoms with van der Waals surface area (Å²) in [4.78, 5) is 18.4. The summed E-state index contributed by atoms with van der Waals surface area (Å²) >= 11 is 5.91. The maximum absolute atomic E-state index is 12.1. The molecule has 0 spiro atoms. The average molecular weight is 363 g/mol. The van der Waals surface area contributed by atoms with Gasteiger partial charge in [-0.05, 0) is 37.5 Å². The molecule has 2 aromatic rings. The van der Waals surface area contributed by atoms with Gasteiger partial charge in [0, 0.05) is 31.1 Å². The minimum absolute atomic E-state index is 0.0412. The molecule has 0 saturated carbocycles. The highest BCUT2D eigenvalue weighted by molar-refractivity contribution is 6.30. The van der Waals surface area contributed by atoms with E-state index in [0.29, 0.717) is 19.6 Å². The van der Waals surface area contributed by atoms with Gasteiger partial charge >= 0.3 is 0 Å². The molecule has 0 bridgehead atoms. The van der Waals surface area contributed by atoms with Crippen LogP contribution in [0.4, 0.5) is 0 Å². The number of oxazole rings is 1. The third-order valence-electron chi connectivity index (χ3n) is 4.42. The molecule has 0 radical (unpaired) electrons. The number of aromatic nitrogens is 1. The largest absolute Gasteiger partial charge is 0.445 e. The van der Waals surface area contributed by atoms with Crippen molar-refractivity contribution in [3.63, 3.8) is 0 Å². The summed E-state index contributed by atoms with van der Waals surface area (Å²) in [5.74, 6) is 1.74. The number of rotatable bonds is 6. The number of carbonyl (C=O) groups excluding carboxylic acids is 1. The number of amides is 1. The minimum Gasteiger partial charge on any atom is -0.445 e. The van der Waals surface area contributed by atoms with E-state index in [0.717, 1.165) is 41.6 Å². The minimum atomic E-state index is 0.0412. The van der Waals surface area contributed by atoms with E-state index < -0.39 is 0 Å². The number of likely N-dealkylation sites (tertiary alicyclic amines) is 1. The molecular weight excluding hydrogens is 340 g/mol. The Kier molecular flexibility index (Phi) is 6.10. The zero-order valence-electron chi connectivity index (χ0n) is 14.4. The molecule has 1 aromatic carbocycles. The van der Waals surface area contributed by atoms with Gasteiger partial charge in [-0.3, -0.25) is 4.79 Å². The Hall–Kier alpha value is -1.85. The lowest BCUT2D eigenvalue weighted by Crippen LogP contribution is -2.41. The van der Waals surface area contributed by atoms with E-state index in [-0.39, 0.29) is 18.4 Å². The van der Waals surface area contributed by atoms with E-state index in [1.165, 1.54) is 0 Å². The van der Waals surface area contributed by atoms with E-state index in [1.54, 1.807) is 6.20 Å². The first-order chi connectivity index (χ1) is 12.2. The molecule has 6 heteroatoms. The van der Waals surface area contributed by atoms with Crippen molar-refractivity contribution < 1.29 is 13.9 Å². The maximum Gasteiger partial charge on any atom is 0.248 e. The number of hydrogen-bond acceptors (Lipinski definition) is 4. The molecule has 5 nitrogen and oxygen atoms in total. The van der Waals surface area contributed by atoms with E-state index >= 15 is 0 Å². The van der Waals surface area contributed by atoms with Gasteiger partial charge in [-0.15, -0.1) is 0 Å². The first kappa shape index (κ1) is 18.0. The first-order valence-corrected chi connectivity index (χ1v) is 9.08. The summed E-state index contributed by atoms with van der Waals surface area (Å²) in [6.07, 6.45) is 4.41. The third kappa shape index (κ3) is 4.83. The average Bonchev–Trinajstić information content (AvgIpc) is 3.10. The standard InChI is InChI=1S/C19H23ClN2O3/c1-2-24-13-18(23)22-9-3-4-15(12-22)19-21-11-17(25-19)10-14-5-7-16(20)8-6-14/h5-8,11,15H,2-4,9-10,12-13H2,1H3/t15-/m0/s1. The summed E-state index contributed by atoms with van der Waals surface area (Å²) < 4.78 is 11.2. The van der Waals surface area contributed by atoms with Gasteiger partial charge in [0.15, 0.2) is 5.89 Å². The fourth-order valence-corrected chi connectivity index (χ4v) is 3.21. The van der Waals surface area contributed by atoms with Gasteiger partial charge in [-0.2, -0.15) is 0 Å². The molecule has 2 heterocycles. The van der Waals surface area contributed by atoms with E-state index in [1.807, 2.05) is 36.1 Å². The number of hydrogen-bond donors (Lipinski definition) is 0. The Bertz CT molecular complexity index is 699. The van der Waals surface area contributed by atoms with E-state index in [4.69, 9.17) is 20.8 Å². The Balaban J connectivity index is 1.61. The van der Waals surface area contributed by atoms with Crippen molar-refractivity contribution in [1.82, 2.24) is 9.88 Å². The predicted octanol–water partition coefficient (Wildman–Crippen LogP) is 3.66. The lowest BCUT2D eigenvalue weighted by Gasteiger charge is -2.31. The molecule has 1 aliphatic rings. The van der Waals surface area contributed by atoms with Gasteiger partial charge < -0.3 is 14.1 Å². The van der Waals surface area contributed by atoms with Crippen LogP contribution >= 0.6 is 11.6 Å². The molecule has 25 heavy (non-hydrogen) atoms. The molecule has 1 aliphatic heterocycles. The molecule has 3 rings (SSSR count). The van der Waals surface area contributed by atoms with Crippen molar-refractivity contribution in [3.8, 4) is 0 Å². The van der Waals surface area contributed by atoms with E-state index in [9.17, 15) is 4.79 Å². The highest BCUT2D eigenvalue weighted by Crippen LogP contribution is 2.27. The van der Waals surface area contributed by atoms with E-state index in [2.05, 4.69) is 4.98 Å². The monoisotopic (exact) mass is 362 g/mol. The Morgan fingerprint density at radius 1 is 1.40 bits per heavy atom. The Labute approximate surface area is 152 Å². The third-order valence-corrected chi connectivity index (χ3v) is 4.67. The van der Waals surface area contributed by atoms with Crippen LogP contribution in [0.25, 0.3) is 0 Å². The number of ether oxygens (including phenoxy) is 1. The summed E-state index contributed by atoms with van der Waals surface area (Å²) in [7, 11) is 0. The molecule has 0 unspecified atom stereocenters. The van der Waals surface area contributed by atoms with Crippen LogP contribution in [0.2, 0.25) is 5.02 Å². The van der Waals surface area contributed by atoms with Crippen LogP contribution in [0.5, 0.6) is 0 Å². The molecule has 1 fully saturated rings. The molecule has 1 amide bonds. The van der Waals surface area contributed by atoms with Crippen molar-refractivity contribution in [3.05, 3.63) is 52.7 Å². The molecule has 1 saturated heterocycles. The van der Waals surface area contributed by atoms with Crippen molar-refractivity contribution in [1.29, 1.82) is 0 Å². The number of halogens is 1. The SMILES string of the molecule is CCOCC(=O)N1CCC[C@H](c2ncc(Cc3ccc(Cl)cc3)o2)C1. The normalized spacial score (nSPS) is 17.7. The van der Waals surface area contributed by atoms with Crippen molar-refractivity contribution >= 4 is 17.5 Å². The van der Waals surface area contributed by atoms with Gasteiger partial charge in [-0.1, -0.05) is 23.7 Å². The molecule has 1 aromatic heterocycles. The van der Waals surface area contributed by atoms with Crippen molar-refractivity contribution in [2.45, 2.75) is 32.1 Å². The topological polar surface area (TPSA) is 55.6 Å². The molecule has 0 N–H and O–H groups in total. The van der Waals surface area contributed by atoms with Crippen LogP contribution in [0.3, 0.4) is 0 Å². The Morgan fingerprint density at radius 3 is 2.96 bits per heavy atom. The second kappa shape index (κ2) is 8.50. The fourth-order valence-electron chi connectivity index (χ4n) is 3.08. The van der Waals surface area contributed by atoms with Crippen LogP contribution in [0.1, 0.15) is 42.9 Å². The molecule has 1 atom stereocenters. The number of carbonyl (C=O) groups is 1. The summed E-state index contributed by atoms with van der Waals surface area (Å²) in [5.41, 5.74) is 1.13. The van der Waals surface area contributed by atoms with Crippen molar-refractivity contribution in [2.24, 2.45) is 0 Å². The van der Waals surface area contributed by atoms with Gasteiger partial charge in [0.25, 0.3) is 0 Å². The van der Waals surface area contributed by atoms with Gasteiger partial charge in [0.1, 0.15) is 12.4 Å². The maximum atomic E-state index is 12.1. The smallest absolute Gasteiger partial charge is 0.248 e. The molecule has 0 aliphatic carbocycles. The highest BCUT2D eigenvalue weighted by atomic mass is 35.5. The van der Waals surface area contributed by atoms with Gasteiger partial charge in [-0.25, -0.2) is 4.98 Å². The second-order valence-electron chi connectivity index (χ2n) is 6.28. The van der Waals surface area contributed by atoms with Gasteiger partial charge in [0.05, 0.1) is 12.1 Å². The number of piperidine rings is 1. The lowest BCUT2D eigenvalue weighted by molar-refractivity contribution is -0.137. The number of nitrogens with zero attached hydrogens (tertiary/aromatic N) is 2. The summed E-state index contributed by atoms with van der Waals surface area (Å²) in [6.45, 7) is 4.02. The van der Waals surface area contributed by atoms with Crippen LogP contribution in [-0.2, 0) is 16.0 Å². The molecule has 134 valence electrons. The highest BCUT2D eigenvalue weighted by Gasteiger charge is 2.27. The van der Waals surface area contributed by atoms with Gasteiger partial charge in [0.2, 0.25) is 5.91 Å². The summed E-state index contributed by atoms with van der Waals surface area (Å²) in [6, 6.07) is 7.72. The zero-order chi connectivity index (χ0) is 17.6. The lowest BCUT2D eigenvalue weighted by atomic mass is 9.98. The predicted molar refractivity (Wildman–Crippen MR) is 95.8 cm³/mol. The van der Waals surface area contributed by atoms with Crippen LogP contribution < -0.4 is 0 Å². The molecular formula is C19H23ClN2O3. The number of benzene rings is 1. The van der Waals surface area contributed by atoms with Crippen LogP contribution in [-0.4, -0.2) is 42.1 Å². The zero-order valence-corrected chi connectivity index (χ0v) is 15.2. The van der Waals surface area contributed by atoms with Crippen LogP contribution in [0.15, 0.2) is 34.9 Å². The second-order valence-corrected chi connectivity index (χ2v) is 6.72. The quantitative estimate of drug-likeness (QED) is 0.786. The van der Waals surface area contributed by atoms with Crippen LogP contribution in [0, 0.1) is 0 Å². The first-order valence-electron chi connectivity index (χ1n) is 8.70. The Morgan fingerprint density at radius 2 is 2.20 bits per heavy atom. The summed E-state index contributed by atoms with van der Waals surface area (Å²) in [5, 5.41) is 0.723. The fraction of sp³-hybridized carbons (Fsp3) is 0.474. The van der Waals surface area contributed by atoms with Crippen molar-refractivity contribution in [2.75, 3.05) is 26.3 Å².